The lowest BCUT2D eigenvalue weighted by Gasteiger charge is -2.15. The van der Waals surface area contributed by atoms with E-state index in [1.165, 1.54) is 0 Å². The predicted molar refractivity (Wildman–Crippen MR) is 77.3 cm³/mol. The lowest BCUT2D eigenvalue weighted by molar-refractivity contribution is -0.384. The second kappa shape index (κ2) is 7.16. The molecule has 11 heteroatoms. The number of nitro groups is 1. The van der Waals surface area contributed by atoms with Crippen molar-refractivity contribution in [1.29, 1.82) is 0 Å². The molecular formula is C10H13ClN2O6S2. The molecule has 0 aliphatic carbocycles. The Morgan fingerprint density at radius 3 is 2.67 bits per heavy atom. The lowest BCUT2D eigenvalue weighted by atomic mass is 10.1. The van der Waals surface area contributed by atoms with E-state index >= 15 is 0 Å². The summed E-state index contributed by atoms with van der Waals surface area (Å²) in [5.74, 6) is -1.13. The van der Waals surface area contributed by atoms with E-state index in [0.717, 1.165) is 6.07 Å². The van der Waals surface area contributed by atoms with Crippen molar-refractivity contribution >= 4 is 44.6 Å². The maximum Gasteiger partial charge on any atom is 0.304 e. The summed E-state index contributed by atoms with van der Waals surface area (Å²) in [7, 11) is -4.05. The average Bonchev–Trinajstić information content (AvgIpc) is 2.71. The molecule has 2 N–H and O–H groups in total. The molecule has 1 aromatic heterocycles. The fourth-order valence-corrected chi connectivity index (χ4v) is 4.59. The van der Waals surface area contributed by atoms with Crippen LogP contribution in [-0.4, -0.2) is 30.5 Å². The molecule has 118 valence electrons. The lowest BCUT2D eigenvalue weighted by Crippen LogP contribution is -2.36. The first kappa shape index (κ1) is 17.8. The van der Waals surface area contributed by atoms with Gasteiger partial charge in [-0.25, -0.2) is 13.1 Å². The SMILES string of the molecule is CCCC(CC(=O)O)NS(=O)(=O)c1cc([N+](=O)[O-])c(Cl)s1. The summed E-state index contributed by atoms with van der Waals surface area (Å²) in [4.78, 5) is 20.6. The van der Waals surface area contributed by atoms with E-state index in [9.17, 15) is 23.3 Å². The molecule has 0 fully saturated rings. The third-order valence-corrected chi connectivity index (χ3v) is 5.82. The van der Waals surface area contributed by atoms with E-state index in [4.69, 9.17) is 16.7 Å². The zero-order valence-corrected chi connectivity index (χ0v) is 13.3. The molecule has 0 radical (unpaired) electrons. The Kier molecular flexibility index (Phi) is 6.08. The first-order valence-electron chi connectivity index (χ1n) is 5.85. The highest BCUT2D eigenvalue weighted by Crippen LogP contribution is 2.36. The Labute approximate surface area is 129 Å². The summed E-state index contributed by atoms with van der Waals surface area (Å²) in [5, 5.41) is 19.4. The van der Waals surface area contributed by atoms with E-state index in [0.29, 0.717) is 24.2 Å². The van der Waals surface area contributed by atoms with Crippen molar-refractivity contribution in [2.45, 2.75) is 36.4 Å². The van der Waals surface area contributed by atoms with Gasteiger partial charge in [-0.15, -0.1) is 11.3 Å². The highest BCUT2D eigenvalue weighted by atomic mass is 35.5. The van der Waals surface area contributed by atoms with E-state index < -0.39 is 32.6 Å². The molecule has 0 aliphatic heterocycles. The van der Waals surface area contributed by atoms with Crippen LogP contribution in [0, 0.1) is 10.1 Å². The maximum absolute atomic E-state index is 12.1. The number of carboxylic acid groups (broad SMARTS) is 1. The van der Waals surface area contributed by atoms with Gasteiger partial charge >= 0.3 is 5.97 Å². The number of thiophene rings is 1. The summed E-state index contributed by atoms with van der Waals surface area (Å²) >= 11 is 6.17. The molecular weight excluding hydrogens is 344 g/mol. The number of rotatable bonds is 8. The maximum atomic E-state index is 12.1. The molecule has 0 spiro atoms. The van der Waals surface area contributed by atoms with Crippen molar-refractivity contribution in [2.75, 3.05) is 0 Å². The molecule has 0 saturated heterocycles. The quantitative estimate of drug-likeness (QED) is 0.543. The summed E-state index contributed by atoms with van der Waals surface area (Å²) in [5.41, 5.74) is -0.493. The zero-order valence-electron chi connectivity index (χ0n) is 10.9. The molecule has 1 heterocycles. The third kappa shape index (κ3) is 4.92. The summed E-state index contributed by atoms with van der Waals surface area (Å²) < 4.78 is 25.9. The number of aliphatic carboxylic acids is 1. The Bertz CT molecular complexity index is 642. The highest BCUT2D eigenvalue weighted by Gasteiger charge is 2.27. The van der Waals surface area contributed by atoms with Crippen LogP contribution < -0.4 is 4.72 Å². The number of hydrogen-bond acceptors (Lipinski definition) is 6. The average molecular weight is 357 g/mol. The van der Waals surface area contributed by atoms with Crippen LogP contribution in [0.5, 0.6) is 0 Å². The number of sulfonamides is 1. The smallest absolute Gasteiger partial charge is 0.304 e. The molecule has 0 aliphatic rings. The molecule has 1 atom stereocenters. The number of carbonyl (C=O) groups is 1. The zero-order chi connectivity index (χ0) is 16.2. The number of halogens is 1. The van der Waals surface area contributed by atoms with E-state index in [1.807, 2.05) is 0 Å². The van der Waals surface area contributed by atoms with Gasteiger partial charge in [0.05, 0.1) is 11.3 Å². The Balaban J connectivity index is 3.01. The second-order valence-corrected chi connectivity index (χ2v) is 7.78. The molecule has 1 rings (SSSR count). The van der Waals surface area contributed by atoms with Gasteiger partial charge in [0.15, 0.2) is 4.34 Å². The molecule has 21 heavy (non-hydrogen) atoms. The fourth-order valence-electron chi connectivity index (χ4n) is 1.63. The summed E-state index contributed by atoms with van der Waals surface area (Å²) in [6.45, 7) is 1.79. The molecule has 1 aromatic rings. The van der Waals surface area contributed by atoms with Gasteiger partial charge in [-0.2, -0.15) is 0 Å². The van der Waals surface area contributed by atoms with Gasteiger partial charge in [-0.1, -0.05) is 24.9 Å². The fraction of sp³-hybridized carbons (Fsp3) is 0.500. The van der Waals surface area contributed by atoms with Crippen LogP contribution in [0.2, 0.25) is 4.34 Å². The van der Waals surface area contributed by atoms with Crippen molar-refractivity contribution in [2.24, 2.45) is 0 Å². The number of nitrogens with one attached hydrogen (secondary N) is 1. The van der Waals surface area contributed by atoms with Crippen LogP contribution >= 0.6 is 22.9 Å². The van der Waals surface area contributed by atoms with Crippen LogP contribution in [0.25, 0.3) is 0 Å². The standard InChI is InChI=1S/C10H13ClN2O6S2/c1-2-3-6(4-8(14)15)12-21(18,19)9-5-7(13(16)17)10(11)20-9/h5-6,12H,2-4H2,1H3,(H,14,15). The van der Waals surface area contributed by atoms with Crippen molar-refractivity contribution < 1.29 is 23.2 Å². The monoisotopic (exact) mass is 356 g/mol. The van der Waals surface area contributed by atoms with Crippen LogP contribution in [0.3, 0.4) is 0 Å². The van der Waals surface area contributed by atoms with Gasteiger partial charge in [0.1, 0.15) is 4.21 Å². The molecule has 0 amide bonds. The van der Waals surface area contributed by atoms with Crippen LogP contribution in [0.4, 0.5) is 5.69 Å². The van der Waals surface area contributed by atoms with Crippen molar-refractivity contribution in [3.63, 3.8) is 0 Å². The Morgan fingerprint density at radius 2 is 2.24 bits per heavy atom. The van der Waals surface area contributed by atoms with Crippen molar-refractivity contribution in [3.05, 3.63) is 20.5 Å². The molecule has 1 unspecified atom stereocenters. The minimum absolute atomic E-state index is 0.245. The van der Waals surface area contributed by atoms with Gasteiger partial charge in [-0.05, 0) is 6.42 Å². The normalized spacial score (nSPS) is 13.0. The molecule has 8 nitrogen and oxygen atoms in total. The minimum atomic E-state index is -4.05. The topological polar surface area (TPSA) is 127 Å². The van der Waals surface area contributed by atoms with Gasteiger partial charge in [-0.3, -0.25) is 14.9 Å². The number of nitrogens with zero attached hydrogens (tertiary/aromatic N) is 1. The van der Waals surface area contributed by atoms with Gasteiger partial charge in [0, 0.05) is 12.1 Å². The van der Waals surface area contributed by atoms with Crippen molar-refractivity contribution in [3.8, 4) is 0 Å². The van der Waals surface area contributed by atoms with Crippen LogP contribution in [-0.2, 0) is 14.8 Å². The van der Waals surface area contributed by atoms with Gasteiger partial charge in [0.2, 0.25) is 0 Å². The van der Waals surface area contributed by atoms with Gasteiger partial charge in [0.25, 0.3) is 15.7 Å². The number of hydrogen-bond donors (Lipinski definition) is 2. The molecule has 0 aromatic carbocycles. The van der Waals surface area contributed by atoms with E-state index in [1.54, 1.807) is 6.92 Å². The van der Waals surface area contributed by atoms with Crippen molar-refractivity contribution in [1.82, 2.24) is 4.72 Å². The largest absolute Gasteiger partial charge is 0.481 e. The van der Waals surface area contributed by atoms with Crippen LogP contribution in [0.1, 0.15) is 26.2 Å². The molecule has 0 bridgehead atoms. The van der Waals surface area contributed by atoms with Gasteiger partial charge < -0.3 is 5.11 Å². The Hall–Kier alpha value is -1.23. The third-order valence-electron chi connectivity index (χ3n) is 2.49. The number of carboxylic acids is 1. The first-order valence-corrected chi connectivity index (χ1v) is 8.53. The minimum Gasteiger partial charge on any atom is -0.481 e. The van der Waals surface area contributed by atoms with E-state index in [2.05, 4.69) is 4.72 Å². The summed E-state index contributed by atoms with van der Waals surface area (Å²) in [6.07, 6.45) is 0.562. The van der Waals surface area contributed by atoms with E-state index in [-0.39, 0.29) is 15.0 Å². The molecule has 0 saturated carbocycles. The highest BCUT2D eigenvalue weighted by molar-refractivity contribution is 7.91. The summed E-state index contributed by atoms with van der Waals surface area (Å²) in [6, 6.07) is 0.0801. The predicted octanol–water partition coefficient (Wildman–Crippen LogP) is 2.23. The Morgan fingerprint density at radius 1 is 1.62 bits per heavy atom. The first-order chi connectivity index (χ1) is 9.67. The second-order valence-electron chi connectivity index (χ2n) is 4.19. The van der Waals surface area contributed by atoms with Crippen LogP contribution in [0.15, 0.2) is 10.3 Å².